The highest BCUT2D eigenvalue weighted by Crippen LogP contribution is 2.38. The molecule has 1 aliphatic carbocycles. The van der Waals surface area contributed by atoms with Gasteiger partial charge in [0.2, 0.25) is 5.95 Å². The molecule has 3 heterocycles. The Morgan fingerprint density at radius 2 is 1.70 bits per heavy atom. The average Bonchev–Trinajstić information content (AvgIpc) is 3.48. The summed E-state index contributed by atoms with van der Waals surface area (Å²) in [5, 5.41) is 10.9. The van der Waals surface area contributed by atoms with Gasteiger partial charge < -0.3 is 20.1 Å². The molecule has 6 rings (SSSR count). The molecule has 0 unspecified atom stereocenters. The maximum absolute atomic E-state index is 5.55. The fraction of sp³-hybridized carbons (Fsp3) is 0.241. The van der Waals surface area contributed by atoms with Gasteiger partial charge in [-0.3, -0.25) is 4.99 Å². The minimum Gasteiger partial charge on any atom is -0.378 e. The molecule has 8 nitrogen and oxygen atoms in total. The molecule has 2 N–H and O–H groups in total. The van der Waals surface area contributed by atoms with Crippen molar-refractivity contribution in [3.63, 3.8) is 0 Å². The third kappa shape index (κ3) is 5.38. The SMILES string of the molecule is CN(C)c1ccc(-c2cc(NC3=NCC(C4CC4)=C3)nc(NCc3cc(-c4ccccc4)no3)n2)cc1. The molecule has 1 fully saturated rings. The van der Waals surface area contributed by atoms with Crippen LogP contribution in [-0.4, -0.2) is 41.6 Å². The molecule has 37 heavy (non-hydrogen) atoms. The fourth-order valence-corrected chi connectivity index (χ4v) is 4.33. The molecule has 1 saturated carbocycles. The zero-order valence-corrected chi connectivity index (χ0v) is 21.0. The normalized spacial score (nSPS) is 14.8. The molecular formula is C29H29N7O. The Morgan fingerprint density at radius 1 is 0.919 bits per heavy atom. The monoisotopic (exact) mass is 491 g/mol. The lowest BCUT2D eigenvalue weighted by molar-refractivity contribution is 0.390. The molecule has 0 atom stereocenters. The predicted molar refractivity (Wildman–Crippen MR) is 148 cm³/mol. The number of nitrogens with one attached hydrogen (secondary N) is 2. The van der Waals surface area contributed by atoms with E-state index in [1.165, 1.54) is 18.4 Å². The van der Waals surface area contributed by atoms with Crippen molar-refractivity contribution in [3.05, 3.63) is 84.1 Å². The third-order valence-corrected chi connectivity index (χ3v) is 6.57. The minimum atomic E-state index is 0.412. The Morgan fingerprint density at radius 3 is 2.46 bits per heavy atom. The maximum Gasteiger partial charge on any atom is 0.225 e. The summed E-state index contributed by atoms with van der Waals surface area (Å²) in [4.78, 5) is 16.3. The number of aliphatic imine (C=N–C) groups is 1. The van der Waals surface area contributed by atoms with E-state index in [2.05, 4.69) is 56.0 Å². The summed E-state index contributed by atoms with van der Waals surface area (Å²) >= 11 is 0. The van der Waals surface area contributed by atoms with Gasteiger partial charge in [-0.2, -0.15) is 4.98 Å². The van der Waals surface area contributed by atoms with Crippen LogP contribution in [0.2, 0.25) is 0 Å². The molecule has 4 aromatic rings. The van der Waals surface area contributed by atoms with Crippen LogP contribution < -0.4 is 15.5 Å². The van der Waals surface area contributed by atoms with Crippen molar-refractivity contribution in [2.24, 2.45) is 10.9 Å². The fourth-order valence-electron chi connectivity index (χ4n) is 4.33. The highest BCUT2D eigenvalue weighted by atomic mass is 16.5. The maximum atomic E-state index is 5.55. The summed E-state index contributed by atoms with van der Waals surface area (Å²) in [5.41, 5.74) is 6.18. The lowest BCUT2D eigenvalue weighted by Crippen LogP contribution is -2.11. The molecule has 0 spiro atoms. The van der Waals surface area contributed by atoms with Crippen molar-refractivity contribution in [1.29, 1.82) is 0 Å². The van der Waals surface area contributed by atoms with E-state index in [9.17, 15) is 0 Å². The van der Waals surface area contributed by atoms with Crippen molar-refractivity contribution in [3.8, 4) is 22.5 Å². The molecule has 2 aromatic heterocycles. The number of aromatic nitrogens is 3. The van der Waals surface area contributed by atoms with Crippen LogP contribution in [0.4, 0.5) is 17.5 Å². The van der Waals surface area contributed by atoms with E-state index in [0.29, 0.717) is 30.0 Å². The highest BCUT2D eigenvalue weighted by molar-refractivity contribution is 6.05. The molecule has 2 aliphatic rings. The summed E-state index contributed by atoms with van der Waals surface area (Å²) in [7, 11) is 4.06. The molecule has 2 aromatic carbocycles. The van der Waals surface area contributed by atoms with E-state index in [-0.39, 0.29) is 0 Å². The van der Waals surface area contributed by atoms with Crippen LogP contribution in [0, 0.1) is 5.92 Å². The van der Waals surface area contributed by atoms with Crippen LogP contribution in [0.3, 0.4) is 0 Å². The number of anilines is 3. The van der Waals surface area contributed by atoms with Gasteiger partial charge in [0.1, 0.15) is 17.3 Å². The van der Waals surface area contributed by atoms with Crippen molar-refractivity contribution >= 4 is 23.3 Å². The van der Waals surface area contributed by atoms with E-state index < -0.39 is 0 Å². The van der Waals surface area contributed by atoms with Gasteiger partial charge in [0.25, 0.3) is 0 Å². The Labute approximate surface area is 216 Å². The van der Waals surface area contributed by atoms with E-state index in [1.807, 2.05) is 56.6 Å². The van der Waals surface area contributed by atoms with Gasteiger partial charge in [0.05, 0.1) is 18.8 Å². The Bertz CT molecular complexity index is 1450. The van der Waals surface area contributed by atoms with Gasteiger partial charge >= 0.3 is 0 Å². The second-order valence-electron chi connectivity index (χ2n) is 9.62. The first kappa shape index (κ1) is 23.0. The molecule has 186 valence electrons. The van der Waals surface area contributed by atoms with E-state index >= 15 is 0 Å². The van der Waals surface area contributed by atoms with E-state index in [1.54, 1.807) is 0 Å². The summed E-state index contributed by atoms with van der Waals surface area (Å²) in [6, 6.07) is 22.2. The number of hydrogen-bond donors (Lipinski definition) is 2. The molecule has 8 heteroatoms. The quantitative estimate of drug-likeness (QED) is 0.330. The predicted octanol–water partition coefficient (Wildman–Crippen LogP) is 5.64. The summed E-state index contributed by atoms with van der Waals surface area (Å²) in [6.07, 6.45) is 4.71. The zero-order chi connectivity index (χ0) is 25.2. The highest BCUT2D eigenvalue weighted by Gasteiger charge is 2.28. The second-order valence-corrected chi connectivity index (χ2v) is 9.62. The first-order valence-electron chi connectivity index (χ1n) is 12.5. The van der Waals surface area contributed by atoms with Crippen LogP contribution in [0.25, 0.3) is 22.5 Å². The van der Waals surface area contributed by atoms with E-state index in [4.69, 9.17) is 14.5 Å². The van der Waals surface area contributed by atoms with Crippen molar-refractivity contribution in [2.45, 2.75) is 19.4 Å². The van der Waals surface area contributed by atoms with Gasteiger partial charge in [-0.1, -0.05) is 47.6 Å². The van der Waals surface area contributed by atoms with Crippen molar-refractivity contribution < 1.29 is 4.52 Å². The number of amidine groups is 1. The van der Waals surface area contributed by atoms with Gasteiger partial charge in [0, 0.05) is 43.0 Å². The van der Waals surface area contributed by atoms with Gasteiger partial charge in [0.15, 0.2) is 5.76 Å². The number of nitrogens with zero attached hydrogens (tertiary/aromatic N) is 5. The van der Waals surface area contributed by atoms with Crippen LogP contribution in [0.5, 0.6) is 0 Å². The minimum absolute atomic E-state index is 0.412. The second kappa shape index (κ2) is 9.89. The summed E-state index contributed by atoms with van der Waals surface area (Å²) in [5.74, 6) is 3.45. The Kier molecular flexibility index (Phi) is 6.14. The van der Waals surface area contributed by atoms with Crippen LogP contribution in [0.1, 0.15) is 18.6 Å². The lowest BCUT2D eigenvalue weighted by atomic mass is 10.1. The first-order chi connectivity index (χ1) is 18.1. The Hall–Kier alpha value is -4.46. The largest absolute Gasteiger partial charge is 0.378 e. The molecule has 0 radical (unpaired) electrons. The first-order valence-corrected chi connectivity index (χ1v) is 12.5. The Balaban J connectivity index is 1.24. The average molecular weight is 492 g/mol. The topological polar surface area (TPSA) is 91.5 Å². The van der Waals surface area contributed by atoms with Crippen LogP contribution >= 0.6 is 0 Å². The molecule has 1 aliphatic heterocycles. The van der Waals surface area contributed by atoms with E-state index in [0.717, 1.165) is 40.6 Å². The number of benzene rings is 2. The zero-order valence-electron chi connectivity index (χ0n) is 21.0. The molecule has 0 amide bonds. The summed E-state index contributed by atoms with van der Waals surface area (Å²) in [6.45, 7) is 1.19. The van der Waals surface area contributed by atoms with Crippen LogP contribution in [0.15, 0.2) is 87.9 Å². The smallest absolute Gasteiger partial charge is 0.225 e. The molecular weight excluding hydrogens is 462 g/mol. The van der Waals surface area contributed by atoms with Gasteiger partial charge in [-0.25, -0.2) is 4.98 Å². The standard InChI is InChI=1S/C29H29N7O/c1-36(2)23-12-10-21(11-13-23)25-16-28(33-27-14-22(17-30-27)19-8-9-19)34-29(32-25)31-18-24-15-26(35-37-24)20-6-4-3-5-7-20/h3-7,10-16,19H,8-9,17-18H2,1-2H3,(H2,30,31,32,33,34). The summed E-state index contributed by atoms with van der Waals surface area (Å²) < 4.78 is 5.55. The molecule has 0 saturated heterocycles. The van der Waals surface area contributed by atoms with Gasteiger partial charge in [-0.15, -0.1) is 0 Å². The van der Waals surface area contributed by atoms with Crippen molar-refractivity contribution in [2.75, 3.05) is 36.2 Å². The number of hydrogen-bond acceptors (Lipinski definition) is 8. The van der Waals surface area contributed by atoms with Crippen LogP contribution in [-0.2, 0) is 6.54 Å². The van der Waals surface area contributed by atoms with Crippen molar-refractivity contribution in [1.82, 2.24) is 15.1 Å². The van der Waals surface area contributed by atoms with Gasteiger partial charge in [-0.05, 0) is 42.5 Å². The lowest BCUT2D eigenvalue weighted by Gasteiger charge is -2.13. The third-order valence-electron chi connectivity index (χ3n) is 6.57. The molecule has 0 bridgehead atoms. The number of rotatable bonds is 8.